The third kappa shape index (κ3) is 5.60. The van der Waals surface area contributed by atoms with Crippen LogP contribution in [-0.2, 0) is 10.0 Å². The van der Waals surface area contributed by atoms with Crippen molar-refractivity contribution in [2.24, 2.45) is 0 Å². The van der Waals surface area contributed by atoms with Gasteiger partial charge in [0, 0.05) is 53.7 Å². The van der Waals surface area contributed by atoms with Crippen molar-refractivity contribution in [3.05, 3.63) is 65.6 Å². The first-order valence-corrected chi connectivity index (χ1v) is 12.8. The van der Waals surface area contributed by atoms with E-state index in [0.29, 0.717) is 41.8 Å². The van der Waals surface area contributed by atoms with Gasteiger partial charge in [-0.3, -0.25) is 4.98 Å². The van der Waals surface area contributed by atoms with Crippen molar-refractivity contribution in [2.45, 2.75) is 18.4 Å². The Morgan fingerprint density at radius 3 is 2.56 bits per heavy atom. The Balaban J connectivity index is 1.53. The summed E-state index contributed by atoms with van der Waals surface area (Å²) >= 11 is 5.91. The zero-order valence-electron chi connectivity index (χ0n) is 18.7. The number of rotatable bonds is 6. The number of piperidine rings is 1. The van der Waals surface area contributed by atoms with E-state index in [1.54, 1.807) is 43.6 Å². The number of hydrogen-bond acceptors (Lipinski definition) is 7. The van der Waals surface area contributed by atoms with Crippen molar-refractivity contribution in [3.8, 4) is 5.75 Å². The van der Waals surface area contributed by atoms with Crippen LogP contribution in [0.5, 0.6) is 5.75 Å². The predicted molar refractivity (Wildman–Crippen MR) is 130 cm³/mol. The van der Waals surface area contributed by atoms with Gasteiger partial charge in [-0.1, -0.05) is 11.6 Å². The lowest BCUT2D eigenvalue weighted by Crippen LogP contribution is -2.51. The highest BCUT2D eigenvalue weighted by Crippen LogP contribution is 2.30. The highest BCUT2D eigenvalue weighted by molar-refractivity contribution is 7.89. The maximum Gasteiger partial charge on any atom is 0.319 e. The molecule has 3 heterocycles. The molecule has 0 spiro atoms. The zero-order valence-corrected chi connectivity index (χ0v) is 20.3. The minimum Gasteiger partial charge on any atom is -0.495 e. The number of anilines is 2. The number of urea groups is 1. The number of benzene rings is 1. The average molecular weight is 505 g/mol. The van der Waals surface area contributed by atoms with E-state index >= 15 is 0 Å². The van der Waals surface area contributed by atoms with Gasteiger partial charge in [0.25, 0.3) is 10.0 Å². The van der Waals surface area contributed by atoms with Crippen LogP contribution in [0.15, 0.2) is 54.9 Å². The monoisotopic (exact) mass is 504 g/mol. The van der Waals surface area contributed by atoms with Gasteiger partial charge in [-0.2, -0.15) is 4.09 Å². The minimum absolute atomic E-state index is 0.168. The van der Waals surface area contributed by atoms with Crippen LogP contribution in [0.25, 0.3) is 0 Å². The van der Waals surface area contributed by atoms with E-state index in [1.807, 2.05) is 17.0 Å². The quantitative estimate of drug-likeness (QED) is 0.529. The fourth-order valence-electron chi connectivity index (χ4n) is 3.88. The SMILES string of the molecule is COc1ccc(C2CN(c3ccn(S(C)(=O)=O)n3)CCC2NC(=O)Nc2ccc(Cl)cc2)nc1. The molecule has 12 heteroatoms. The molecule has 1 aliphatic heterocycles. The van der Waals surface area contributed by atoms with Crippen molar-refractivity contribution in [2.75, 3.05) is 36.7 Å². The Labute approximate surface area is 202 Å². The van der Waals surface area contributed by atoms with Gasteiger partial charge in [0.2, 0.25) is 0 Å². The van der Waals surface area contributed by atoms with Gasteiger partial charge in [0.05, 0.1) is 19.6 Å². The Hall–Kier alpha value is -3.31. The molecule has 0 saturated carbocycles. The molecule has 1 aromatic carbocycles. The first kappa shape index (κ1) is 23.8. The molecule has 2 N–H and O–H groups in total. The molecule has 10 nitrogen and oxygen atoms in total. The zero-order chi connectivity index (χ0) is 24.3. The molecule has 34 heavy (non-hydrogen) atoms. The van der Waals surface area contributed by atoms with Gasteiger partial charge >= 0.3 is 6.03 Å². The number of carbonyl (C=O) groups excluding carboxylic acids is 1. The van der Waals surface area contributed by atoms with Gasteiger partial charge < -0.3 is 20.3 Å². The van der Waals surface area contributed by atoms with Crippen LogP contribution in [0, 0.1) is 0 Å². The third-order valence-corrected chi connectivity index (χ3v) is 6.76. The van der Waals surface area contributed by atoms with E-state index in [4.69, 9.17) is 16.3 Å². The van der Waals surface area contributed by atoms with Crippen LogP contribution in [0.4, 0.5) is 16.3 Å². The normalized spacial score (nSPS) is 18.4. The van der Waals surface area contributed by atoms with E-state index in [0.717, 1.165) is 16.0 Å². The first-order chi connectivity index (χ1) is 16.2. The van der Waals surface area contributed by atoms with Crippen LogP contribution in [0.3, 0.4) is 0 Å². The molecular weight excluding hydrogens is 480 g/mol. The first-order valence-electron chi connectivity index (χ1n) is 10.6. The summed E-state index contributed by atoms with van der Waals surface area (Å²) in [5, 5.41) is 10.7. The maximum absolute atomic E-state index is 12.7. The summed E-state index contributed by atoms with van der Waals surface area (Å²) in [6, 6.07) is 11.7. The maximum atomic E-state index is 12.7. The molecule has 4 rings (SSSR count). The lowest BCUT2D eigenvalue weighted by Gasteiger charge is -2.38. The van der Waals surface area contributed by atoms with Crippen molar-refractivity contribution in [1.29, 1.82) is 0 Å². The summed E-state index contributed by atoms with van der Waals surface area (Å²) in [7, 11) is -1.90. The molecule has 180 valence electrons. The molecule has 1 fully saturated rings. The molecule has 2 atom stereocenters. The van der Waals surface area contributed by atoms with Crippen LogP contribution in [-0.4, -0.2) is 61.1 Å². The Kier molecular flexibility index (Phi) is 6.94. The molecule has 1 aliphatic rings. The second-order valence-electron chi connectivity index (χ2n) is 7.99. The number of carbonyl (C=O) groups is 1. The molecule has 1 saturated heterocycles. The number of methoxy groups -OCH3 is 1. The molecule has 0 radical (unpaired) electrons. The number of aromatic nitrogens is 3. The number of ether oxygens (including phenoxy) is 1. The van der Waals surface area contributed by atoms with Crippen molar-refractivity contribution < 1.29 is 17.9 Å². The van der Waals surface area contributed by atoms with Crippen LogP contribution in [0.2, 0.25) is 5.02 Å². The van der Waals surface area contributed by atoms with Gasteiger partial charge in [0.1, 0.15) is 5.75 Å². The lowest BCUT2D eigenvalue weighted by atomic mass is 9.89. The van der Waals surface area contributed by atoms with E-state index < -0.39 is 10.0 Å². The van der Waals surface area contributed by atoms with E-state index in [9.17, 15) is 13.2 Å². The largest absolute Gasteiger partial charge is 0.495 e. The van der Waals surface area contributed by atoms with Gasteiger partial charge in [-0.25, -0.2) is 13.2 Å². The second-order valence-corrected chi connectivity index (χ2v) is 10.3. The van der Waals surface area contributed by atoms with E-state index in [2.05, 4.69) is 20.7 Å². The summed E-state index contributed by atoms with van der Waals surface area (Å²) < 4.78 is 29.8. The molecule has 2 amide bonds. The number of nitrogens with zero attached hydrogens (tertiary/aromatic N) is 4. The van der Waals surface area contributed by atoms with Crippen molar-refractivity contribution in [3.63, 3.8) is 0 Å². The number of pyridine rings is 1. The highest BCUT2D eigenvalue weighted by Gasteiger charge is 2.33. The summed E-state index contributed by atoms with van der Waals surface area (Å²) in [5.74, 6) is 1.01. The average Bonchev–Trinajstić information content (AvgIpc) is 3.32. The van der Waals surface area contributed by atoms with E-state index in [1.165, 1.54) is 6.20 Å². The molecule has 0 bridgehead atoms. The molecule has 2 aromatic heterocycles. The van der Waals surface area contributed by atoms with Crippen LogP contribution < -0.4 is 20.3 Å². The number of nitrogens with one attached hydrogen (secondary N) is 2. The van der Waals surface area contributed by atoms with Gasteiger partial charge in [0.15, 0.2) is 5.82 Å². The Morgan fingerprint density at radius 1 is 1.18 bits per heavy atom. The molecule has 2 unspecified atom stereocenters. The Bertz CT molecular complexity index is 1250. The van der Waals surface area contributed by atoms with Gasteiger partial charge in [-0.15, -0.1) is 5.10 Å². The highest BCUT2D eigenvalue weighted by atomic mass is 35.5. The third-order valence-electron chi connectivity index (χ3n) is 5.62. The van der Waals surface area contributed by atoms with Crippen molar-refractivity contribution >= 4 is 39.2 Å². The lowest BCUT2D eigenvalue weighted by molar-refractivity contribution is 0.243. The van der Waals surface area contributed by atoms with Gasteiger partial charge in [-0.05, 0) is 42.8 Å². The molecular formula is C22H25ClN6O4S. The predicted octanol–water partition coefficient (Wildman–Crippen LogP) is 2.93. The van der Waals surface area contributed by atoms with E-state index in [-0.39, 0.29) is 18.0 Å². The van der Waals surface area contributed by atoms with Crippen LogP contribution >= 0.6 is 11.6 Å². The smallest absolute Gasteiger partial charge is 0.319 e. The molecule has 3 aromatic rings. The standard InChI is InChI=1S/C22H25ClN6O4S/c1-33-17-7-8-19(24-13-17)18-14-28(21-10-12-29(27-21)34(2,31)32)11-9-20(18)26-22(30)25-16-5-3-15(23)4-6-16/h3-8,10,12-13,18,20H,9,11,14H2,1-2H3,(H2,25,26,30). The summed E-state index contributed by atoms with van der Waals surface area (Å²) in [5.41, 5.74) is 1.41. The summed E-state index contributed by atoms with van der Waals surface area (Å²) in [4.78, 5) is 19.2. The Morgan fingerprint density at radius 2 is 1.94 bits per heavy atom. The fourth-order valence-corrected chi connectivity index (χ4v) is 4.52. The number of halogens is 1. The van der Waals surface area contributed by atoms with Crippen LogP contribution in [0.1, 0.15) is 18.0 Å². The topological polar surface area (TPSA) is 118 Å². The fraction of sp³-hybridized carbons (Fsp3) is 0.318. The summed E-state index contributed by atoms with van der Waals surface area (Å²) in [6.45, 7) is 1.07. The van der Waals surface area contributed by atoms with Crippen molar-refractivity contribution in [1.82, 2.24) is 19.5 Å². The number of hydrogen-bond donors (Lipinski definition) is 2. The number of amides is 2. The minimum atomic E-state index is -3.47. The second kappa shape index (κ2) is 9.90. The summed E-state index contributed by atoms with van der Waals surface area (Å²) in [6.07, 6.45) is 4.77. The molecule has 0 aliphatic carbocycles.